The first kappa shape index (κ1) is 19.5. The lowest BCUT2D eigenvalue weighted by Gasteiger charge is -2.21. The summed E-state index contributed by atoms with van der Waals surface area (Å²) in [6.45, 7) is 6.33. The normalized spacial score (nSPS) is 10.9. The lowest BCUT2D eigenvalue weighted by molar-refractivity contribution is 0.0980. The van der Waals surface area contributed by atoms with Gasteiger partial charge in [0.15, 0.2) is 5.78 Å². The lowest BCUT2D eigenvalue weighted by atomic mass is 10.1. The van der Waals surface area contributed by atoms with Crippen molar-refractivity contribution in [1.82, 2.24) is 5.32 Å². The summed E-state index contributed by atoms with van der Waals surface area (Å²) in [4.78, 5) is 23.8. The third kappa shape index (κ3) is 6.97. The molecule has 0 heterocycles. The van der Waals surface area contributed by atoms with E-state index in [4.69, 9.17) is 9.47 Å². The maximum atomic E-state index is 12.2. The number of ether oxygens (including phenoxy) is 2. The van der Waals surface area contributed by atoms with Crippen molar-refractivity contribution >= 4 is 11.9 Å². The average Bonchev–Trinajstić information content (AvgIpc) is 2.60. The second kappa shape index (κ2) is 9.04. The number of ketones is 1. The van der Waals surface area contributed by atoms with Crippen LogP contribution in [-0.4, -0.2) is 24.0 Å². The Balaban J connectivity index is 1.72. The molecule has 5 nitrogen and oxygen atoms in total. The first-order chi connectivity index (χ1) is 12.3. The monoisotopic (exact) mass is 355 g/mol. The van der Waals surface area contributed by atoms with E-state index in [0.29, 0.717) is 5.56 Å². The largest absolute Gasteiger partial charge is 0.488 e. The van der Waals surface area contributed by atoms with Crippen LogP contribution in [0.15, 0.2) is 54.6 Å². The van der Waals surface area contributed by atoms with Crippen molar-refractivity contribution in [1.29, 1.82) is 0 Å². The smallest absolute Gasteiger partial charge is 0.407 e. The number of alkyl carbamates (subject to hydrolysis) is 1. The zero-order chi connectivity index (χ0) is 19.0. The van der Waals surface area contributed by atoms with E-state index in [-0.39, 0.29) is 31.0 Å². The highest BCUT2D eigenvalue weighted by molar-refractivity contribution is 5.96. The Hall–Kier alpha value is -2.82. The van der Waals surface area contributed by atoms with Gasteiger partial charge in [0.2, 0.25) is 0 Å². The SMILES string of the molecule is CC(C)(C)Oc1ccc(C(=O)CCNC(=O)OCc2ccccc2)cc1. The highest BCUT2D eigenvalue weighted by atomic mass is 16.5. The van der Waals surface area contributed by atoms with Gasteiger partial charge in [0.05, 0.1) is 0 Å². The van der Waals surface area contributed by atoms with Crippen molar-refractivity contribution in [3.05, 3.63) is 65.7 Å². The van der Waals surface area contributed by atoms with Crippen molar-refractivity contribution in [2.45, 2.75) is 39.4 Å². The third-order valence-electron chi connectivity index (χ3n) is 3.43. The minimum Gasteiger partial charge on any atom is -0.488 e. The Morgan fingerprint density at radius 1 is 0.962 bits per heavy atom. The Morgan fingerprint density at radius 2 is 1.62 bits per heavy atom. The highest BCUT2D eigenvalue weighted by Gasteiger charge is 2.12. The summed E-state index contributed by atoms with van der Waals surface area (Å²) in [7, 11) is 0. The molecule has 0 atom stereocenters. The molecule has 0 saturated carbocycles. The van der Waals surface area contributed by atoms with E-state index in [2.05, 4.69) is 5.32 Å². The van der Waals surface area contributed by atoms with Gasteiger partial charge in [-0.15, -0.1) is 0 Å². The lowest BCUT2D eigenvalue weighted by Crippen LogP contribution is -2.26. The van der Waals surface area contributed by atoms with Gasteiger partial charge in [-0.3, -0.25) is 4.79 Å². The summed E-state index contributed by atoms with van der Waals surface area (Å²) in [6.07, 6.45) is -0.324. The molecule has 2 aromatic carbocycles. The molecular formula is C21H25NO4. The van der Waals surface area contributed by atoms with Gasteiger partial charge in [0.25, 0.3) is 0 Å². The van der Waals surface area contributed by atoms with Crippen molar-refractivity contribution in [2.75, 3.05) is 6.54 Å². The fraction of sp³-hybridized carbons (Fsp3) is 0.333. The summed E-state index contributed by atoms with van der Waals surface area (Å²) in [6, 6.07) is 16.4. The van der Waals surface area contributed by atoms with Crippen molar-refractivity contribution in [3.8, 4) is 5.75 Å². The molecule has 5 heteroatoms. The van der Waals surface area contributed by atoms with Crippen LogP contribution in [0.25, 0.3) is 0 Å². The van der Waals surface area contributed by atoms with Gasteiger partial charge in [0.1, 0.15) is 18.0 Å². The molecule has 0 spiro atoms. The molecule has 0 bridgehead atoms. The Morgan fingerprint density at radius 3 is 2.23 bits per heavy atom. The number of hydrogen-bond donors (Lipinski definition) is 1. The third-order valence-corrected chi connectivity index (χ3v) is 3.43. The fourth-order valence-corrected chi connectivity index (χ4v) is 2.26. The molecule has 0 aliphatic carbocycles. The van der Waals surface area contributed by atoms with Crippen LogP contribution in [0.4, 0.5) is 4.79 Å². The predicted octanol–water partition coefficient (Wildman–Crippen LogP) is 4.36. The van der Waals surface area contributed by atoms with E-state index in [1.54, 1.807) is 24.3 Å². The quantitative estimate of drug-likeness (QED) is 0.749. The van der Waals surface area contributed by atoms with Crippen LogP contribution < -0.4 is 10.1 Å². The fourth-order valence-electron chi connectivity index (χ4n) is 2.26. The van der Waals surface area contributed by atoms with E-state index in [1.165, 1.54) is 0 Å². The van der Waals surface area contributed by atoms with E-state index < -0.39 is 6.09 Å². The minimum atomic E-state index is -0.532. The summed E-state index contributed by atoms with van der Waals surface area (Å²) in [5, 5.41) is 2.59. The zero-order valence-corrected chi connectivity index (χ0v) is 15.5. The molecule has 2 rings (SSSR count). The van der Waals surface area contributed by atoms with E-state index in [9.17, 15) is 9.59 Å². The van der Waals surface area contributed by atoms with Crippen LogP contribution in [0.3, 0.4) is 0 Å². The number of nitrogens with one attached hydrogen (secondary N) is 1. The van der Waals surface area contributed by atoms with Gasteiger partial charge in [0, 0.05) is 18.5 Å². The second-order valence-electron chi connectivity index (χ2n) is 6.90. The highest BCUT2D eigenvalue weighted by Crippen LogP contribution is 2.19. The molecule has 0 fully saturated rings. The van der Waals surface area contributed by atoms with Gasteiger partial charge in [-0.2, -0.15) is 0 Å². The zero-order valence-electron chi connectivity index (χ0n) is 15.5. The molecule has 0 aromatic heterocycles. The molecule has 2 aromatic rings. The van der Waals surface area contributed by atoms with Gasteiger partial charge >= 0.3 is 6.09 Å². The first-order valence-electron chi connectivity index (χ1n) is 8.60. The molecule has 0 saturated heterocycles. The number of carbonyl (C=O) groups is 2. The number of rotatable bonds is 7. The molecular weight excluding hydrogens is 330 g/mol. The molecule has 1 N–H and O–H groups in total. The first-order valence-corrected chi connectivity index (χ1v) is 8.60. The van der Waals surface area contributed by atoms with Gasteiger partial charge in [-0.1, -0.05) is 30.3 Å². The summed E-state index contributed by atoms with van der Waals surface area (Å²) in [5.41, 5.74) is 1.22. The molecule has 0 aliphatic rings. The Bertz CT molecular complexity index is 718. The molecule has 26 heavy (non-hydrogen) atoms. The number of amides is 1. The topological polar surface area (TPSA) is 64.6 Å². The van der Waals surface area contributed by atoms with E-state index in [1.807, 2.05) is 51.1 Å². The Labute approximate surface area is 154 Å². The van der Waals surface area contributed by atoms with E-state index in [0.717, 1.165) is 11.3 Å². The molecule has 1 amide bonds. The maximum Gasteiger partial charge on any atom is 0.407 e. The van der Waals surface area contributed by atoms with Crippen LogP contribution in [-0.2, 0) is 11.3 Å². The van der Waals surface area contributed by atoms with Crippen LogP contribution in [0.5, 0.6) is 5.75 Å². The van der Waals surface area contributed by atoms with Crippen LogP contribution in [0.1, 0.15) is 43.1 Å². The molecule has 0 radical (unpaired) electrons. The van der Waals surface area contributed by atoms with Gasteiger partial charge in [-0.05, 0) is 50.6 Å². The number of carbonyl (C=O) groups excluding carboxylic acids is 2. The predicted molar refractivity (Wildman–Crippen MR) is 100 cm³/mol. The van der Waals surface area contributed by atoms with Crippen LogP contribution in [0, 0.1) is 0 Å². The van der Waals surface area contributed by atoms with Crippen LogP contribution >= 0.6 is 0 Å². The Kier molecular flexibility index (Phi) is 6.78. The maximum absolute atomic E-state index is 12.2. The molecule has 0 aliphatic heterocycles. The van der Waals surface area contributed by atoms with Gasteiger partial charge < -0.3 is 14.8 Å². The number of hydrogen-bond acceptors (Lipinski definition) is 4. The van der Waals surface area contributed by atoms with Gasteiger partial charge in [-0.25, -0.2) is 4.79 Å². The number of benzene rings is 2. The second-order valence-corrected chi connectivity index (χ2v) is 6.90. The minimum absolute atomic E-state index is 0.0457. The van der Waals surface area contributed by atoms with Crippen molar-refractivity contribution in [3.63, 3.8) is 0 Å². The van der Waals surface area contributed by atoms with Crippen LogP contribution in [0.2, 0.25) is 0 Å². The average molecular weight is 355 g/mol. The summed E-state index contributed by atoms with van der Waals surface area (Å²) >= 11 is 0. The van der Waals surface area contributed by atoms with Crippen molar-refractivity contribution in [2.24, 2.45) is 0 Å². The summed E-state index contributed by atoms with van der Waals surface area (Å²) < 4.78 is 10.8. The van der Waals surface area contributed by atoms with Crippen molar-refractivity contribution < 1.29 is 19.1 Å². The molecule has 0 unspecified atom stereocenters. The molecule has 138 valence electrons. The number of Topliss-reactive ketones (excluding diaryl/α,β-unsaturated/α-hetero) is 1. The summed E-state index contributed by atoms with van der Waals surface area (Å²) in [5.74, 6) is 0.673. The van der Waals surface area contributed by atoms with E-state index >= 15 is 0 Å². The standard InChI is InChI=1S/C21H25NO4/c1-21(2,3)26-18-11-9-17(10-12-18)19(23)13-14-22-20(24)25-15-16-7-5-4-6-8-16/h4-12H,13-15H2,1-3H3,(H,22,24).